The van der Waals surface area contributed by atoms with Crippen LogP contribution in [0.15, 0.2) is 212 Å². The highest BCUT2D eigenvalue weighted by molar-refractivity contribution is 6.21. The van der Waals surface area contributed by atoms with Gasteiger partial charge in [0.05, 0.1) is 11.2 Å². The number of benzene rings is 9. The molecule has 0 radical (unpaired) electrons. The molecule has 1 heteroatoms. The molecule has 9 aromatic carbocycles. The van der Waals surface area contributed by atoms with E-state index >= 15 is 0 Å². The molecule has 0 aliphatic heterocycles. The predicted molar refractivity (Wildman–Crippen MR) is 229 cm³/mol. The number of pyridine rings is 1. The van der Waals surface area contributed by atoms with Gasteiger partial charge in [-0.15, -0.1) is 0 Å². The molecule has 0 N–H and O–H groups in total. The molecule has 0 unspecified atom stereocenters. The van der Waals surface area contributed by atoms with Crippen LogP contribution in [0, 0.1) is 0 Å². The smallest absolute Gasteiger partial charge is 0.0709 e. The van der Waals surface area contributed by atoms with Crippen molar-refractivity contribution in [3.63, 3.8) is 0 Å². The van der Waals surface area contributed by atoms with E-state index in [1.54, 1.807) is 0 Å². The number of aromatic nitrogens is 1. The molecule has 252 valence electrons. The maximum atomic E-state index is 5.04. The van der Waals surface area contributed by atoms with Crippen molar-refractivity contribution in [2.45, 2.75) is 0 Å². The summed E-state index contributed by atoms with van der Waals surface area (Å²) < 4.78 is 0. The Labute approximate surface area is 315 Å². The monoisotopic (exact) mass is 685 g/mol. The zero-order valence-electron chi connectivity index (χ0n) is 29.7. The lowest BCUT2D eigenvalue weighted by atomic mass is 9.84. The fraction of sp³-hybridized carbons (Fsp3) is 0. The van der Waals surface area contributed by atoms with E-state index < -0.39 is 0 Å². The van der Waals surface area contributed by atoms with Crippen molar-refractivity contribution < 1.29 is 0 Å². The lowest BCUT2D eigenvalue weighted by molar-refractivity contribution is 1.40. The Kier molecular flexibility index (Phi) is 7.89. The summed E-state index contributed by atoms with van der Waals surface area (Å²) >= 11 is 0. The van der Waals surface area contributed by atoms with Crippen molar-refractivity contribution in [3.05, 3.63) is 212 Å². The van der Waals surface area contributed by atoms with Crippen LogP contribution < -0.4 is 0 Å². The van der Waals surface area contributed by atoms with Gasteiger partial charge in [0.15, 0.2) is 0 Å². The van der Waals surface area contributed by atoms with Crippen LogP contribution in [-0.2, 0) is 0 Å². The minimum absolute atomic E-state index is 0.976. The summed E-state index contributed by atoms with van der Waals surface area (Å²) in [6.45, 7) is 0. The van der Waals surface area contributed by atoms with Crippen LogP contribution in [0.5, 0.6) is 0 Å². The number of hydrogen-bond acceptors (Lipinski definition) is 1. The van der Waals surface area contributed by atoms with Gasteiger partial charge in [0.25, 0.3) is 0 Å². The molecule has 54 heavy (non-hydrogen) atoms. The first-order chi connectivity index (χ1) is 26.8. The third kappa shape index (κ3) is 5.64. The third-order valence-corrected chi connectivity index (χ3v) is 10.7. The van der Waals surface area contributed by atoms with Crippen LogP contribution in [0.2, 0.25) is 0 Å². The van der Waals surface area contributed by atoms with E-state index in [-0.39, 0.29) is 0 Å². The van der Waals surface area contributed by atoms with Crippen LogP contribution in [-0.4, -0.2) is 4.98 Å². The van der Waals surface area contributed by atoms with Crippen LogP contribution in [0.4, 0.5) is 0 Å². The average Bonchev–Trinajstić information content (AvgIpc) is 3.26. The minimum atomic E-state index is 0.976. The molecule has 0 amide bonds. The van der Waals surface area contributed by atoms with Crippen molar-refractivity contribution >= 4 is 32.4 Å². The third-order valence-electron chi connectivity index (χ3n) is 10.7. The van der Waals surface area contributed by atoms with Gasteiger partial charge in [0.2, 0.25) is 0 Å². The SMILES string of the molecule is c1ccc(-c2ccc(-c3cccc(-c4c5ccccc5c(-c5cccc(-c6ccc7ccccc7n6)c5)c5ccccc45)c3)c(-c3ccccc3)c2)cc1. The van der Waals surface area contributed by atoms with E-state index in [0.29, 0.717) is 0 Å². The van der Waals surface area contributed by atoms with Crippen molar-refractivity contribution in [1.29, 1.82) is 0 Å². The Bertz CT molecular complexity index is 2920. The summed E-state index contributed by atoms with van der Waals surface area (Å²) in [7, 11) is 0. The predicted octanol–water partition coefficient (Wildman–Crippen LogP) is 14.5. The summed E-state index contributed by atoms with van der Waals surface area (Å²) in [5, 5.41) is 6.09. The van der Waals surface area contributed by atoms with E-state index in [9.17, 15) is 0 Å². The fourth-order valence-electron chi connectivity index (χ4n) is 8.12. The Morgan fingerprint density at radius 1 is 0.259 bits per heavy atom. The topological polar surface area (TPSA) is 12.9 Å². The molecule has 1 heterocycles. The Morgan fingerprint density at radius 2 is 0.759 bits per heavy atom. The zero-order valence-corrected chi connectivity index (χ0v) is 29.7. The highest BCUT2D eigenvalue weighted by Crippen LogP contribution is 2.45. The molecule has 0 atom stereocenters. The molecule has 0 aliphatic rings. The standard InChI is InChI=1S/C53H35N/c1-3-15-36(16-4-1)39-29-31-44(49(35-39)37-17-5-2-6-18-37)40-20-13-22-42(33-40)52-45-24-8-10-26-47(45)53(48-27-11-9-25-46(48)52)43-23-14-21-41(34-43)51-32-30-38-19-7-12-28-50(38)54-51/h1-35H. The van der Waals surface area contributed by atoms with Gasteiger partial charge in [0.1, 0.15) is 0 Å². The second-order valence-electron chi connectivity index (χ2n) is 13.9. The molecule has 1 nitrogen and oxygen atoms in total. The van der Waals surface area contributed by atoms with Crippen molar-refractivity contribution in [1.82, 2.24) is 4.98 Å². The van der Waals surface area contributed by atoms with Gasteiger partial charge in [-0.3, -0.25) is 0 Å². The quantitative estimate of drug-likeness (QED) is 0.159. The van der Waals surface area contributed by atoms with Gasteiger partial charge in [-0.05, 0) is 108 Å². The van der Waals surface area contributed by atoms with Gasteiger partial charge in [-0.2, -0.15) is 0 Å². The molecular weight excluding hydrogens is 651 g/mol. The van der Waals surface area contributed by atoms with Crippen LogP contribution in [0.1, 0.15) is 0 Å². The van der Waals surface area contributed by atoms with Crippen LogP contribution >= 0.6 is 0 Å². The second kappa shape index (κ2) is 13.5. The summed E-state index contributed by atoms with van der Waals surface area (Å²) in [6, 6.07) is 76.6. The van der Waals surface area contributed by atoms with Crippen LogP contribution in [0.25, 0.3) is 99.3 Å². The van der Waals surface area contributed by atoms with E-state index in [0.717, 1.165) is 22.2 Å². The lowest BCUT2D eigenvalue weighted by Gasteiger charge is -2.19. The van der Waals surface area contributed by atoms with E-state index in [2.05, 4.69) is 212 Å². The van der Waals surface area contributed by atoms with E-state index in [1.807, 2.05) is 0 Å². The molecule has 0 bridgehead atoms. The molecule has 0 aliphatic carbocycles. The largest absolute Gasteiger partial charge is 0.248 e. The second-order valence-corrected chi connectivity index (χ2v) is 13.9. The van der Waals surface area contributed by atoms with Gasteiger partial charge >= 0.3 is 0 Å². The summed E-state index contributed by atoms with van der Waals surface area (Å²) in [5.74, 6) is 0. The lowest BCUT2D eigenvalue weighted by Crippen LogP contribution is -1.92. The summed E-state index contributed by atoms with van der Waals surface area (Å²) in [5.41, 5.74) is 15.2. The maximum Gasteiger partial charge on any atom is 0.0709 e. The van der Waals surface area contributed by atoms with Crippen LogP contribution in [0.3, 0.4) is 0 Å². The normalized spacial score (nSPS) is 11.3. The molecule has 0 saturated heterocycles. The molecule has 0 saturated carbocycles. The van der Waals surface area contributed by atoms with Crippen molar-refractivity contribution in [2.75, 3.05) is 0 Å². The Morgan fingerprint density at radius 3 is 1.41 bits per heavy atom. The number of rotatable bonds is 6. The first-order valence-electron chi connectivity index (χ1n) is 18.5. The molecule has 1 aromatic heterocycles. The van der Waals surface area contributed by atoms with Crippen molar-refractivity contribution in [2.24, 2.45) is 0 Å². The molecular formula is C53H35N. The minimum Gasteiger partial charge on any atom is -0.248 e. The average molecular weight is 686 g/mol. The van der Waals surface area contributed by atoms with Gasteiger partial charge in [-0.25, -0.2) is 4.98 Å². The molecule has 10 aromatic rings. The van der Waals surface area contributed by atoms with Gasteiger partial charge < -0.3 is 0 Å². The van der Waals surface area contributed by atoms with E-state index in [4.69, 9.17) is 4.98 Å². The number of hydrogen-bond donors (Lipinski definition) is 0. The summed E-state index contributed by atoms with van der Waals surface area (Å²) in [4.78, 5) is 5.04. The number of fused-ring (bicyclic) bond motifs is 3. The molecule has 0 fully saturated rings. The van der Waals surface area contributed by atoms with Gasteiger partial charge in [0, 0.05) is 10.9 Å². The highest BCUT2D eigenvalue weighted by atomic mass is 14.7. The zero-order chi connectivity index (χ0) is 35.8. The van der Waals surface area contributed by atoms with E-state index in [1.165, 1.54) is 77.2 Å². The maximum absolute atomic E-state index is 5.04. The summed E-state index contributed by atoms with van der Waals surface area (Å²) in [6.07, 6.45) is 0. The Hall–Kier alpha value is -7.09. The number of nitrogens with zero attached hydrogens (tertiary/aromatic N) is 1. The molecule has 10 rings (SSSR count). The Balaban J connectivity index is 1.15. The van der Waals surface area contributed by atoms with Crippen molar-refractivity contribution in [3.8, 4) is 66.9 Å². The number of para-hydroxylation sites is 1. The highest BCUT2D eigenvalue weighted by Gasteiger charge is 2.18. The first kappa shape index (κ1) is 31.6. The fourth-order valence-corrected chi connectivity index (χ4v) is 8.12. The first-order valence-corrected chi connectivity index (χ1v) is 18.5. The molecule has 0 spiro atoms. The van der Waals surface area contributed by atoms with Gasteiger partial charge in [-0.1, -0.05) is 182 Å².